The van der Waals surface area contributed by atoms with Gasteiger partial charge in [-0.15, -0.1) is 0 Å². The van der Waals surface area contributed by atoms with Crippen LogP contribution in [0.25, 0.3) is 16.6 Å². The number of ether oxygens (including phenoxy) is 3. The Bertz CT molecular complexity index is 3210. The maximum Gasteiger partial charge on any atom is 0.161 e. The lowest BCUT2D eigenvalue weighted by Gasteiger charge is -2.54. The molecule has 0 amide bonds. The average Bonchev–Trinajstić information content (AvgIpc) is 4.06. The van der Waals surface area contributed by atoms with Gasteiger partial charge in [0.15, 0.2) is 11.5 Å². The number of hydrogen-bond acceptors (Lipinski definition) is 9. The number of nitrogens with two attached hydrogens (primary N) is 1. The second kappa shape index (κ2) is 20.3. The van der Waals surface area contributed by atoms with Gasteiger partial charge in [0.1, 0.15) is 23.9 Å². The van der Waals surface area contributed by atoms with E-state index in [1.54, 1.807) is 24.3 Å². The number of phenolic OH excluding ortho intramolecular Hbond substituents is 3. The Morgan fingerprint density at radius 1 is 0.811 bits per heavy atom. The number of nitrogens with one attached hydrogen (secondary N) is 1. The number of nitrogens with zero attached hydrogens (tertiary/aromatic N) is 1. The van der Waals surface area contributed by atoms with Crippen molar-refractivity contribution in [3.8, 4) is 34.8 Å². The highest BCUT2D eigenvalue weighted by atomic mass is 16.5. The molecule has 1 saturated carbocycles. The van der Waals surface area contributed by atoms with Crippen LogP contribution in [0, 0.1) is 23.7 Å². The Morgan fingerprint density at radius 2 is 1.68 bits per heavy atom. The quantitative estimate of drug-likeness (QED) is 0.0896. The van der Waals surface area contributed by atoms with Crippen LogP contribution < -0.4 is 15.8 Å². The van der Waals surface area contributed by atoms with Crippen molar-refractivity contribution in [1.29, 1.82) is 0 Å². The molecule has 6 aliphatic rings. The molecule has 7 N–H and O–H groups in total. The Labute approximate surface area is 434 Å². The van der Waals surface area contributed by atoms with E-state index in [9.17, 15) is 20.4 Å². The third-order valence-corrected chi connectivity index (χ3v) is 17.6. The molecule has 12 rings (SSSR count). The molecule has 2 aliphatic carbocycles. The van der Waals surface area contributed by atoms with Gasteiger partial charge in [0.2, 0.25) is 0 Å². The van der Waals surface area contributed by atoms with E-state index in [4.69, 9.17) is 19.9 Å². The Hall–Kier alpha value is -6.48. The largest absolute Gasteiger partial charge is 0.508 e. The van der Waals surface area contributed by atoms with Gasteiger partial charge >= 0.3 is 0 Å². The number of phenols is 3. The summed E-state index contributed by atoms with van der Waals surface area (Å²) < 4.78 is 22.2. The lowest BCUT2D eigenvalue weighted by atomic mass is 9.51. The predicted octanol–water partition coefficient (Wildman–Crippen LogP) is 11.0. The SMILES string of the molecule is NC1C=C2C#C[C@H](CCc3ccc(O)c(Cc4cccc(O)c4)c3)CCC[C@H]3C[C@H](O)CCc4ccc(O)c(c4)OCc4cc([C@@]56CCOC[C@@H]5CC5(CCCC5)c5ccccc56)cc5cn(cc45)C(=C2CO3)N1. The summed E-state index contributed by atoms with van der Waals surface area (Å²) in [7, 11) is 0. The first-order valence-electron chi connectivity index (χ1n) is 27.2. The smallest absolute Gasteiger partial charge is 0.161 e. The number of aliphatic hydroxyl groups excluding tert-OH is 1. The minimum absolute atomic E-state index is 0.0704. The lowest BCUT2D eigenvalue weighted by molar-refractivity contribution is -0.00873. The van der Waals surface area contributed by atoms with Crippen LogP contribution in [0.5, 0.6) is 23.0 Å². The van der Waals surface area contributed by atoms with Gasteiger partial charge in [0.05, 0.1) is 31.6 Å². The van der Waals surface area contributed by atoms with Gasteiger partial charge in [0.25, 0.3) is 0 Å². The molecule has 5 heterocycles. The van der Waals surface area contributed by atoms with Crippen molar-refractivity contribution < 1.29 is 34.6 Å². The molecule has 6 bridgehead atoms. The summed E-state index contributed by atoms with van der Waals surface area (Å²) in [5.74, 6) is 9.53. The monoisotopic (exact) mass is 992 g/mol. The van der Waals surface area contributed by atoms with Crippen molar-refractivity contribution in [1.82, 2.24) is 9.88 Å². The minimum Gasteiger partial charge on any atom is -0.508 e. The zero-order chi connectivity index (χ0) is 50.4. The van der Waals surface area contributed by atoms with Crippen LogP contribution >= 0.6 is 0 Å². The minimum atomic E-state index is -0.608. The second-order valence-corrected chi connectivity index (χ2v) is 22.3. The normalized spacial score (nSPS) is 25.6. The molecule has 382 valence electrons. The molecule has 1 aromatic heterocycles. The standard InChI is InChI=1S/C64H69N3O7/c65-61-33-45-19-15-41(13-14-42-17-21-58(70)46(27-42)28-44-8-5-9-51(68)29-44)7-6-10-53-34-52(69)20-16-43-18-22-59(71)60(30-43)74-38-48-32-49(31-47-36-67(37-54(47)48)62(66-61)55(45)40-73-53)64-25-26-72-39-50(64)35-63(23-3-4-24-63)56-11-1-2-12-57(56)64/h1-2,5,8-9,11-12,17-18,21-22,27,29-33,36-37,41,50,52-53,61,66,68-71H,3-4,6-7,10,13-14,16,20,23-26,28,34-35,38-40,65H2/t41-,50-,52+,53-,61?,64-/m0/s1. The fourth-order valence-electron chi connectivity index (χ4n) is 13.8. The summed E-state index contributed by atoms with van der Waals surface area (Å²) in [4.78, 5) is 0. The van der Waals surface area contributed by atoms with Gasteiger partial charge in [0, 0.05) is 58.7 Å². The summed E-state index contributed by atoms with van der Waals surface area (Å²) >= 11 is 0. The van der Waals surface area contributed by atoms with Gasteiger partial charge < -0.3 is 50.3 Å². The second-order valence-electron chi connectivity index (χ2n) is 22.3. The van der Waals surface area contributed by atoms with Gasteiger partial charge in [-0.2, -0.15) is 0 Å². The summed E-state index contributed by atoms with van der Waals surface area (Å²) in [6.45, 7) is 1.94. The van der Waals surface area contributed by atoms with Crippen molar-refractivity contribution in [2.45, 2.75) is 132 Å². The maximum absolute atomic E-state index is 11.7. The van der Waals surface area contributed by atoms with E-state index in [1.165, 1.54) is 42.4 Å². The fourth-order valence-corrected chi connectivity index (χ4v) is 13.8. The number of aliphatic hydroxyl groups is 1. The number of benzene rings is 5. The number of rotatable bonds is 6. The molecule has 1 saturated heterocycles. The van der Waals surface area contributed by atoms with Crippen molar-refractivity contribution in [3.63, 3.8) is 0 Å². The molecular weight excluding hydrogens is 923 g/mol. The van der Waals surface area contributed by atoms with E-state index >= 15 is 0 Å². The van der Waals surface area contributed by atoms with Crippen molar-refractivity contribution in [3.05, 3.63) is 171 Å². The van der Waals surface area contributed by atoms with E-state index < -0.39 is 12.3 Å². The van der Waals surface area contributed by atoms with Crippen LogP contribution in [0.2, 0.25) is 0 Å². The summed E-state index contributed by atoms with van der Waals surface area (Å²) in [5, 5.41) is 49.6. The van der Waals surface area contributed by atoms with Crippen molar-refractivity contribution >= 4 is 16.6 Å². The van der Waals surface area contributed by atoms with E-state index in [1.807, 2.05) is 36.4 Å². The van der Waals surface area contributed by atoms with E-state index in [0.29, 0.717) is 44.0 Å². The number of fused-ring (bicyclic) bond motifs is 10. The average molecular weight is 992 g/mol. The number of aromatic hydroxyl groups is 3. The third-order valence-electron chi connectivity index (χ3n) is 17.6. The number of aromatic nitrogens is 1. The summed E-state index contributed by atoms with van der Waals surface area (Å²) in [5.41, 5.74) is 17.7. The van der Waals surface area contributed by atoms with Crippen LogP contribution in [0.3, 0.4) is 0 Å². The van der Waals surface area contributed by atoms with E-state index in [2.05, 4.69) is 76.6 Å². The number of hydrogen-bond donors (Lipinski definition) is 6. The molecule has 1 unspecified atom stereocenters. The van der Waals surface area contributed by atoms with Gasteiger partial charge in [-0.05, 0) is 175 Å². The van der Waals surface area contributed by atoms with Gasteiger partial charge in [-0.1, -0.05) is 85.3 Å². The molecule has 10 heteroatoms. The first-order chi connectivity index (χ1) is 36.1. The van der Waals surface area contributed by atoms with Crippen LogP contribution in [0.4, 0.5) is 0 Å². The summed E-state index contributed by atoms with van der Waals surface area (Å²) in [6, 6.07) is 32.7. The third kappa shape index (κ3) is 9.49. The molecule has 5 aromatic carbocycles. The Kier molecular flexibility index (Phi) is 13.3. The highest BCUT2D eigenvalue weighted by Gasteiger charge is 2.55. The Balaban J connectivity index is 0.950. The highest BCUT2D eigenvalue weighted by molar-refractivity contribution is 5.89. The molecule has 0 radical (unpaired) electrons. The van der Waals surface area contributed by atoms with Gasteiger partial charge in [-0.3, -0.25) is 0 Å². The molecule has 1 spiro atoms. The van der Waals surface area contributed by atoms with Gasteiger partial charge in [-0.25, -0.2) is 0 Å². The Morgan fingerprint density at radius 3 is 2.55 bits per heavy atom. The van der Waals surface area contributed by atoms with Crippen LogP contribution in [-0.2, 0) is 46.2 Å². The number of aryl methyl sites for hydroxylation is 2. The maximum atomic E-state index is 11.7. The summed E-state index contributed by atoms with van der Waals surface area (Å²) in [6.07, 6.45) is 18.3. The van der Waals surface area contributed by atoms with Crippen molar-refractivity contribution in [2.75, 3.05) is 19.8 Å². The molecule has 74 heavy (non-hydrogen) atoms. The zero-order valence-electron chi connectivity index (χ0n) is 42.3. The van der Waals surface area contributed by atoms with E-state index in [0.717, 1.165) is 107 Å². The topological polar surface area (TPSA) is 152 Å². The van der Waals surface area contributed by atoms with Crippen LogP contribution in [-0.4, -0.2) is 63.2 Å². The first-order valence-corrected chi connectivity index (χ1v) is 27.2. The zero-order valence-corrected chi connectivity index (χ0v) is 42.3. The molecular formula is C64H69N3O7. The van der Waals surface area contributed by atoms with E-state index in [-0.39, 0.29) is 53.3 Å². The van der Waals surface area contributed by atoms with Crippen molar-refractivity contribution in [2.24, 2.45) is 17.6 Å². The molecule has 2 fully saturated rings. The highest BCUT2D eigenvalue weighted by Crippen LogP contribution is 2.60. The number of dihydropyridines is 1. The molecule has 6 aromatic rings. The molecule has 10 nitrogen and oxygen atoms in total. The predicted molar refractivity (Wildman–Crippen MR) is 289 cm³/mol. The lowest BCUT2D eigenvalue weighted by Crippen LogP contribution is -2.51. The first kappa shape index (κ1) is 48.5. The molecule has 6 atom stereocenters. The van der Waals surface area contributed by atoms with Crippen LogP contribution in [0.1, 0.15) is 122 Å². The molecule has 4 aliphatic heterocycles. The fraction of sp³-hybridized carbons (Fsp3) is 0.406. The van der Waals surface area contributed by atoms with Crippen LogP contribution in [0.15, 0.2) is 127 Å².